The average Bonchev–Trinajstić information content (AvgIpc) is 0.796. The Morgan fingerprint density at radius 2 is 0.941 bits per heavy atom. The summed E-state index contributed by atoms with van der Waals surface area (Å²) in [6.07, 6.45) is -2.93. The van der Waals surface area contributed by atoms with E-state index >= 15 is 33.6 Å². The summed E-state index contributed by atoms with van der Waals surface area (Å²) < 4.78 is 41.9. The number of carbonyl (C=O) groups excluding carboxylic acids is 12. The van der Waals surface area contributed by atoms with Crippen molar-refractivity contribution in [2.45, 2.75) is 237 Å². The molecular formula is C73H109F3N12O13. The molecule has 4 fully saturated rings. The van der Waals surface area contributed by atoms with E-state index in [4.69, 9.17) is 0 Å². The number of hydrogen-bond donors (Lipinski definition) is 5. The fraction of sp³-hybridized carbons (Fsp3) is 0.671. The van der Waals surface area contributed by atoms with Crippen LogP contribution in [0.5, 0.6) is 0 Å². The number of nitrogens with one attached hydrogen (secondary N) is 4. The quantitative estimate of drug-likeness (QED) is 0.198. The summed E-state index contributed by atoms with van der Waals surface area (Å²) in [6.45, 7) is 15.9. The Hall–Kier alpha value is -8.17. The lowest BCUT2D eigenvalue weighted by atomic mass is 9.94. The molecule has 6 rings (SSSR count). The molecule has 4 aliphatic rings. The number of likely N-dealkylation sites (N-methyl/N-ethyl adjacent to an activating group) is 5. The lowest BCUT2D eigenvalue weighted by Gasteiger charge is -2.44. The molecule has 28 heteroatoms. The molecular weight excluding hydrogens is 1310 g/mol. The number of rotatable bonds is 12. The van der Waals surface area contributed by atoms with Crippen LogP contribution in [-0.2, 0) is 76.6 Å². The number of aliphatic hydroxyl groups is 1. The molecule has 0 bridgehead atoms. The lowest BCUT2D eigenvalue weighted by molar-refractivity contribution is -0.159. The van der Waals surface area contributed by atoms with E-state index in [1.807, 2.05) is 27.7 Å². The number of amides is 12. The summed E-state index contributed by atoms with van der Waals surface area (Å²) in [5.74, 6) is -9.74. The second-order valence-corrected chi connectivity index (χ2v) is 29.3. The van der Waals surface area contributed by atoms with Gasteiger partial charge in [-0.3, -0.25) is 57.5 Å². The summed E-state index contributed by atoms with van der Waals surface area (Å²) in [4.78, 5) is 190. The second-order valence-electron chi connectivity index (χ2n) is 29.3. The molecule has 560 valence electrons. The van der Waals surface area contributed by atoms with Crippen LogP contribution in [0, 0.1) is 17.8 Å². The Kier molecular flexibility index (Phi) is 29.7. The van der Waals surface area contributed by atoms with Gasteiger partial charge in [0.25, 0.3) is 0 Å². The van der Waals surface area contributed by atoms with Gasteiger partial charge in [0.2, 0.25) is 70.9 Å². The monoisotopic (exact) mass is 1420 g/mol. The van der Waals surface area contributed by atoms with Crippen LogP contribution in [0.3, 0.4) is 0 Å². The number of aliphatic hydroxyl groups excluding tert-OH is 1. The molecule has 12 atom stereocenters. The first-order chi connectivity index (χ1) is 47.4. The van der Waals surface area contributed by atoms with Crippen LogP contribution in [0.2, 0.25) is 0 Å². The van der Waals surface area contributed by atoms with Gasteiger partial charge in [-0.15, -0.1) is 0 Å². The van der Waals surface area contributed by atoms with Crippen molar-refractivity contribution >= 4 is 70.9 Å². The fourth-order valence-corrected chi connectivity index (χ4v) is 13.9. The van der Waals surface area contributed by atoms with Crippen LogP contribution in [-0.4, -0.2) is 249 Å². The van der Waals surface area contributed by atoms with E-state index in [1.54, 1.807) is 44.2 Å². The standard InChI is InChI=1S/C73H109F3N12O13/c1-43(2)37-56-63(92)79-53(67(96)86-33-21-16-22-34-86)42-60(90)77-46(7)65(94)84(13)58(38-44(3)4)70(99)88-36-24-20-28-55(88)69(98)85(14)59(39-45(5)6)71(100)87-35-23-19-27-54(87)68(97)81(10)47(8)62(91)80-61(48(9)89)72(101)83(12)57(41-49-25-17-15-18-26-49)64(93)78-52(66(95)82(56)11)40-50-29-31-51(32-30-50)73(74,75)76/h15,17-18,25-26,29-32,43-48,52-59,61,89H,16,19-24,27-28,33-42H2,1-14H3,(H,77,90)(H,78,93)(H,79,92)(H,80,91)/t46-,47+,48-,52+,53+,54+,55+,56+,57+,58+,59+,61+/m1/s1. The molecule has 0 unspecified atom stereocenters. The predicted octanol–water partition coefficient (Wildman–Crippen LogP) is 4.30. The van der Waals surface area contributed by atoms with Crippen LogP contribution in [0.15, 0.2) is 54.6 Å². The van der Waals surface area contributed by atoms with Crippen LogP contribution in [0.1, 0.15) is 162 Å². The van der Waals surface area contributed by atoms with Crippen molar-refractivity contribution in [3.8, 4) is 0 Å². The molecule has 2 aromatic carbocycles. The van der Waals surface area contributed by atoms with Crippen molar-refractivity contribution in [1.29, 1.82) is 0 Å². The molecule has 5 N–H and O–H groups in total. The molecule has 4 saturated heterocycles. The van der Waals surface area contributed by atoms with Crippen LogP contribution in [0.4, 0.5) is 13.2 Å². The molecule has 101 heavy (non-hydrogen) atoms. The van der Waals surface area contributed by atoms with E-state index in [1.165, 1.54) is 80.5 Å². The molecule has 12 amide bonds. The third kappa shape index (κ3) is 21.5. The maximum absolute atomic E-state index is 15.4. The highest BCUT2D eigenvalue weighted by molar-refractivity contribution is 6.00. The fourth-order valence-electron chi connectivity index (χ4n) is 13.9. The minimum atomic E-state index is -4.74. The van der Waals surface area contributed by atoms with Crippen molar-refractivity contribution in [2.75, 3.05) is 61.4 Å². The zero-order chi connectivity index (χ0) is 75.1. The molecule has 0 radical (unpaired) electrons. The number of halogens is 3. The minimum Gasteiger partial charge on any atom is -0.391 e. The molecule has 0 spiro atoms. The highest BCUT2D eigenvalue weighted by atomic mass is 19.4. The molecule has 0 aromatic heterocycles. The normalized spacial score (nSPS) is 27.1. The van der Waals surface area contributed by atoms with Gasteiger partial charge < -0.3 is 65.6 Å². The summed E-state index contributed by atoms with van der Waals surface area (Å²) in [6, 6.07) is -2.91. The Morgan fingerprint density at radius 1 is 0.485 bits per heavy atom. The van der Waals surface area contributed by atoms with Crippen molar-refractivity contribution in [3.05, 3.63) is 71.3 Å². The number of alkyl halides is 3. The van der Waals surface area contributed by atoms with Crippen LogP contribution >= 0.6 is 0 Å². The zero-order valence-corrected chi connectivity index (χ0v) is 61.3. The first-order valence-corrected chi connectivity index (χ1v) is 35.8. The van der Waals surface area contributed by atoms with Crippen LogP contribution < -0.4 is 21.3 Å². The number of piperidine rings is 3. The maximum atomic E-state index is 15.4. The minimum absolute atomic E-state index is 0.0662. The highest BCUT2D eigenvalue weighted by Crippen LogP contribution is 2.31. The number of fused-ring (bicyclic) bond motifs is 2. The van der Waals surface area contributed by atoms with Crippen LogP contribution in [0.25, 0.3) is 0 Å². The highest BCUT2D eigenvalue weighted by Gasteiger charge is 2.47. The van der Waals surface area contributed by atoms with E-state index < -0.39 is 168 Å². The zero-order valence-electron chi connectivity index (χ0n) is 61.3. The Labute approximate surface area is 592 Å². The first kappa shape index (κ1) is 81.8. The van der Waals surface area contributed by atoms with E-state index in [0.29, 0.717) is 57.2 Å². The third-order valence-corrected chi connectivity index (χ3v) is 20.0. The third-order valence-electron chi connectivity index (χ3n) is 20.0. The second kappa shape index (κ2) is 36.6. The van der Waals surface area contributed by atoms with Gasteiger partial charge in [0, 0.05) is 74.3 Å². The molecule has 4 aliphatic heterocycles. The first-order valence-electron chi connectivity index (χ1n) is 35.8. The number of nitrogens with zero attached hydrogens (tertiary/aromatic N) is 8. The van der Waals surface area contributed by atoms with Gasteiger partial charge in [0.15, 0.2) is 0 Å². The number of benzene rings is 2. The van der Waals surface area contributed by atoms with E-state index in [0.717, 1.165) is 45.4 Å². The Morgan fingerprint density at radius 3 is 1.45 bits per heavy atom. The number of likely N-dealkylation sites (tertiary alicyclic amines) is 1. The summed E-state index contributed by atoms with van der Waals surface area (Å²) in [7, 11) is 6.81. The van der Waals surface area contributed by atoms with Gasteiger partial charge in [0.05, 0.1) is 18.1 Å². The molecule has 4 heterocycles. The van der Waals surface area contributed by atoms with Crippen molar-refractivity contribution < 1.29 is 75.8 Å². The smallest absolute Gasteiger partial charge is 0.391 e. The van der Waals surface area contributed by atoms with Crippen molar-refractivity contribution in [1.82, 2.24) is 60.5 Å². The number of carbonyl (C=O) groups is 12. The lowest BCUT2D eigenvalue weighted by Crippen LogP contribution is -2.63. The van der Waals surface area contributed by atoms with Gasteiger partial charge in [-0.2, -0.15) is 13.2 Å². The largest absolute Gasteiger partial charge is 0.416 e. The van der Waals surface area contributed by atoms with E-state index in [-0.39, 0.29) is 74.9 Å². The molecule has 2 aromatic rings. The SMILES string of the molecule is CC(C)C[C@H]1C(=O)N[C@H](C(=O)N2CCCCC2)CC(=O)N[C@H](C)C(=O)N(C)[C@@H](CC(C)C)C(=O)N2CCCC[C@H]2C(=O)N(C)[C@@H](CC(C)C)C(=O)N2CCCC[C@H]2C(=O)N(C)[C@@H](C)C(=O)N[C@@H]([C@@H](C)O)C(=O)N(C)[C@@H](Cc2ccccc2)C(=O)N[C@@H](Cc2ccc(C(F)(F)F)cc2)C(=O)N1C. The topological polar surface area (TPSA) is 299 Å². The molecule has 0 saturated carbocycles. The van der Waals surface area contributed by atoms with Crippen molar-refractivity contribution in [3.63, 3.8) is 0 Å². The van der Waals surface area contributed by atoms with E-state index in [2.05, 4.69) is 21.3 Å². The summed E-state index contributed by atoms with van der Waals surface area (Å²) in [5.41, 5.74) is -0.356. The predicted molar refractivity (Wildman–Crippen MR) is 371 cm³/mol. The van der Waals surface area contributed by atoms with E-state index in [9.17, 15) is 42.3 Å². The summed E-state index contributed by atoms with van der Waals surface area (Å²) >= 11 is 0. The Bertz CT molecular complexity index is 3240. The Balaban J connectivity index is 1.48. The summed E-state index contributed by atoms with van der Waals surface area (Å²) in [5, 5.41) is 22.1. The van der Waals surface area contributed by atoms with Gasteiger partial charge in [-0.25, -0.2) is 0 Å². The number of hydrogen-bond acceptors (Lipinski definition) is 13. The maximum Gasteiger partial charge on any atom is 0.416 e. The molecule has 0 aliphatic carbocycles. The van der Waals surface area contributed by atoms with Gasteiger partial charge in [-0.1, -0.05) is 84.0 Å². The van der Waals surface area contributed by atoms with Gasteiger partial charge >= 0.3 is 6.18 Å². The molecule has 25 nitrogen and oxygen atoms in total. The van der Waals surface area contributed by atoms with Gasteiger partial charge in [0.1, 0.15) is 66.5 Å². The van der Waals surface area contributed by atoms with Gasteiger partial charge in [-0.05, 0) is 139 Å². The average molecular weight is 1420 g/mol. The van der Waals surface area contributed by atoms with Crippen molar-refractivity contribution in [2.24, 2.45) is 17.8 Å².